The zero-order valence-corrected chi connectivity index (χ0v) is 10.3. The Bertz CT molecular complexity index is 504. The van der Waals surface area contributed by atoms with Gasteiger partial charge in [0.15, 0.2) is 0 Å². The highest BCUT2D eigenvalue weighted by molar-refractivity contribution is 6.07. The third kappa shape index (κ3) is 2.44. The summed E-state index contributed by atoms with van der Waals surface area (Å²) in [6.45, 7) is 6.45. The van der Waals surface area contributed by atoms with Gasteiger partial charge in [-0.25, -0.2) is 0 Å². The molecule has 0 radical (unpaired) electrons. The van der Waals surface area contributed by atoms with E-state index in [1.807, 2.05) is 24.3 Å². The smallest absolute Gasteiger partial charge is 0.210 e. The summed E-state index contributed by atoms with van der Waals surface area (Å²) in [5.74, 6) is -0.0250. The summed E-state index contributed by atoms with van der Waals surface area (Å²) in [6, 6.07) is 9.42. The Morgan fingerprint density at radius 1 is 1.12 bits per heavy atom. The highest BCUT2D eigenvalue weighted by Crippen LogP contribution is 2.22. The second-order valence-corrected chi connectivity index (χ2v) is 5.13. The van der Waals surface area contributed by atoms with Crippen molar-refractivity contribution in [2.75, 3.05) is 0 Å². The van der Waals surface area contributed by atoms with E-state index in [1.165, 1.54) is 5.56 Å². The normalized spacial score (nSPS) is 11.5. The van der Waals surface area contributed by atoms with Crippen molar-refractivity contribution in [3.63, 3.8) is 0 Å². The molecule has 2 aromatic rings. The fourth-order valence-corrected chi connectivity index (χ4v) is 1.66. The van der Waals surface area contributed by atoms with Crippen molar-refractivity contribution < 1.29 is 4.79 Å². The second kappa shape index (κ2) is 4.17. The Morgan fingerprint density at radius 3 is 2.24 bits per heavy atom. The topological polar surface area (TPSA) is 45.8 Å². The van der Waals surface area contributed by atoms with Crippen LogP contribution < -0.4 is 0 Å². The number of nitrogens with one attached hydrogen (secondary N) is 1. The minimum Gasteiger partial charge on any atom is -0.287 e. The number of ketones is 1. The molecule has 0 aliphatic rings. The highest BCUT2D eigenvalue weighted by atomic mass is 16.1. The molecule has 1 aromatic heterocycles. The van der Waals surface area contributed by atoms with E-state index in [4.69, 9.17) is 0 Å². The van der Waals surface area contributed by atoms with Gasteiger partial charge in [-0.15, -0.1) is 0 Å². The van der Waals surface area contributed by atoms with Gasteiger partial charge in [-0.1, -0.05) is 45.0 Å². The van der Waals surface area contributed by atoms with Gasteiger partial charge in [0, 0.05) is 11.8 Å². The molecule has 0 bridgehead atoms. The van der Waals surface area contributed by atoms with Crippen molar-refractivity contribution in [3.05, 3.63) is 53.3 Å². The number of hydrogen-bond acceptors (Lipinski definition) is 2. The fraction of sp³-hybridized carbons (Fsp3) is 0.286. The lowest BCUT2D eigenvalue weighted by molar-refractivity contribution is 0.103. The number of carbonyl (C=O) groups is 1. The number of aromatic nitrogens is 2. The van der Waals surface area contributed by atoms with Crippen molar-refractivity contribution in [2.24, 2.45) is 0 Å². The molecule has 17 heavy (non-hydrogen) atoms. The summed E-state index contributed by atoms with van der Waals surface area (Å²) in [5.41, 5.74) is 2.53. The first-order chi connectivity index (χ1) is 7.98. The van der Waals surface area contributed by atoms with E-state index in [1.54, 1.807) is 12.3 Å². The molecular formula is C14H16N2O. The molecule has 0 amide bonds. The van der Waals surface area contributed by atoms with Crippen LogP contribution in [0.2, 0.25) is 0 Å². The Morgan fingerprint density at radius 2 is 1.76 bits per heavy atom. The van der Waals surface area contributed by atoms with Crippen LogP contribution in [0.25, 0.3) is 0 Å². The molecule has 1 aromatic carbocycles. The predicted octanol–water partition coefficient (Wildman–Crippen LogP) is 2.94. The largest absolute Gasteiger partial charge is 0.287 e. The lowest BCUT2D eigenvalue weighted by Crippen LogP contribution is -2.11. The first kappa shape index (κ1) is 11.6. The van der Waals surface area contributed by atoms with E-state index in [0.717, 1.165) is 0 Å². The second-order valence-electron chi connectivity index (χ2n) is 5.13. The van der Waals surface area contributed by atoms with Gasteiger partial charge in [-0.2, -0.15) is 5.10 Å². The predicted molar refractivity (Wildman–Crippen MR) is 67.2 cm³/mol. The van der Waals surface area contributed by atoms with E-state index in [9.17, 15) is 4.79 Å². The monoisotopic (exact) mass is 228 g/mol. The van der Waals surface area contributed by atoms with Gasteiger partial charge in [-0.3, -0.25) is 9.89 Å². The van der Waals surface area contributed by atoms with Crippen LogP contribution in [0.3, 0.4) is 0 Å². The number of hydrogen-bond donors (Lipinski definition) is 1. The number of aromatic amines is 1. The number of nitrogens with zero attached hydrogens (tertiary/aromatic N) is 1. The molecular weight excluding hydrogens is 212 g/mol. The van der Waals surface area contributed by atoms with Gasteiger partial charge in [0.2, 0.25) is 5.78 Å². The van der Waals surface area contributed by atoms with E-state index < -0.39 is 0 Å². The molecule has 0 atom stereocenters. The van der Waals surface area contributed by atoms with Crippen LogP contribution in [0.5, 0.6) is 0 Å². The van der Waals surface area contributed by atoms with Crippen LogP contribution in [-0.4, -0.2) is 16.0 Å². The first-order valence-electron chi connectivity index (χ1n) is 5.63. The maximum atomic E-state index is 12.0. The zero-order chi connectivity index (χ0) is 12.5. The van der Waals surface area contributed by atoms with E-state index >= 15 is 0 Å². The van der Waals surface area contributed by atoms with E-state index in [2.05, 4.69) is 31.0 Å². The molecule has 0 fully saturated rings. The summed E-state index contributed by atoms with van der Waals surface area (Å²) >= 11 is 0. The molecule has 1 N–H and O–H groups in total. The highest BCUT2D eigenvalue weighted by Gasteiger charge is 2.15. The molecule has 0 spiro atoms. The molecule has 0 unspecified atom stereocenters. The molecule has 1 heterocycles. The minimum absolute atomic E-state index is 0.0250. The third-order valence-electron chi connectivity index (χ3n) is 2.76. The Kier molecular flexibility index (Phi) is 2.84. The summed E-state index contributed by atoms with van der Waals surface area (Å²) in [5, 5.41) is 6.46. The average molecular weight is 228 g/mol. The Balaban J connectivity index is 2.28. The summed E-state index contributed by atoms with van der Waals surface area (Å²) in [6.07, 6.45) is 1.58. The summed E-state index contributed by atoms with van der Waals surface area (Å²) in [4.78, 5) is 12.0. The number of carbonyl (C=O) groups excluding carboxylic acids is 1. The molecule has 3 nitrogen and oxygen atoms in total. The van der Waals surface area contributed by atoms with Gasteiger partial charge in [0.05, 0.1) is 0 Å². The minimum atomic E-state index is -0.0250. The number of rotatable bonds is 2. The summed E-state index contributed by atoms with van der Waals surface area (Å²) in [7, 11) is 0. The molecule has 0 aliphatic carbocycles. The first-order valence-corrected chi connectivity index (χ1v) is 5.63. The Hall–Kier alpha value is -1.90. The van der Waals surface area contributed by atoms with Crippen LogP contribution in [0.4, 0.5) is 0 Å². The van der Waals surface area contributed by atoms with Crippen LogP contribution in [0, 0.1) is 0 Å². The molecule has 3 heteroatoms. The van der Waals surface area contributed by atoms with Crippen LogP contribution >= 0.6 is 0 Å². The molecule has 0 aliphatic heterocycles. The average Bonchev–Trinajstić information content (AvgIpc) is 2.80. The van der Waals surface area contributed by atoms with Gasteiger partial charge < -0.3 is 0 Å². The molecule has 0 saturated carbocycles. The number of H-pyrrole nitrogens is 1. The summed E-state index contributed by atoms with van der Waals surface area (Å²) < 4.78 is 0. The van der Waals surface area contributed by atoms with Crippen molar-refractivity contribution in [1.82, 2.24) is 10.2 Å². The zero-order valence-electron chi connectivity index (χ0n) is 10.3. The van der Waals surface area contributed by atoms with E-state index in [-0.39, 0.29) is 11.2 Å². The number of benzene rings is 1. The lowest BCUT2D eigenvalue weighted by Gasteiger charge is -2.18. The van der Waals surface area contributed by atoms with Crippen LogP contribution in [-0.2, 0) is 5.41 Å². The van der Waals surface area contributed by atoms with Gasteiger partial charge in [0.25, 0.3) is 0 Å². The van der Waals surface area contributed by atoms with Crippen molar-refractivity contribution in [3.8, 4) is 0 Å². The third-order valence-corrected chi connectivity index (χ3v) is 2.76. The van der Waals surface area contributed by atoms with Crippen LogP contribution in [0.1, 0.15) is 42.4 Å². The molecule has 88 valence electrons. The standard InChI is InChI=1S/C14H16N2O/c1-14(2,3)11-6-4-10(5-7-11)13(17)12-8-9-15-16-12/h4-9H,1-3H3,(H,15,16). The van der Waals surface area contributed by atoms with Crippen LogP contribution in [0.15, 0.2) is 36.5 Å². The van der Waals surface area contributed by atoms with Gasteiger partial charge in [-0.05, 0) is 17.0 Å². The SMILES string of the molecule is CC(C)(C)c1ccc(C(=O)c2ccn[nH]2)cc1. The maximum absolute atomic E-state index is 12.0. The van der Waals surface area contributed by atoms with Gasteiger partial charge >= 0.3 is 0 Å². The fourth-order valence-electron chi connectivity index (χ4n) is 1.66. The Labute approximate surface area is 101 Å². The van der Waals surface area contributed by atoms with Crippen molar-refractivity contribution in [1.29, 1.82) is 0 Å². The van der Waals surface area contributed by atoms with Crippen molar-refractivity contribution in [2.45, 2.75) is 26.2 Å². The van der Waals surface area contributed by atoms with Crippen molar-refractivity contribution >= 4 is 5.78 Å². The molecule has 0 saturated heterocycles. The van der Waals surface area contributed by atoms with Gasteiger partial charge in [0.1, 0.15) is 5.69 Å². The quantitative estimate of drug-likeness (QED) is 0.803. The lowest BCUT2D eigenvalue weighted by atomic mass is 9.86. The molecule has 2 rings (SSSR count). The maximum Gasteiger partial charge on any atom is 0.210 e. The van der Waals surface area contributed by atoms with E-state index in [0.29, 0.717) is 11.3 Å².